The zero-order chi connectivity index (χ0) is 16.0. The molecule has 0 bridgehead atoms. The van der Waals surface area contributed by atoms with Crippen LogP contribution in [0.1, 0.15) is 37.6 Å². The van der Waals surface area contributed by atoms with Crippen LogP contribution in [-0.2, 0) is 0 Å². The summed E-state index contributed by atoms with van der Waals surface area (Å²) in [6.07, 6.45) is 2.07. The van der Waals surface area contributed by atoms with Gasteiger partial charge in [0, 0.05) is 26.2 Å². The van der Waals surface area contributed by atoms with E-state index in [1.165, 1.54) is 11.0 Å². The van der Waals surface area contributed by atoms with Crippen LogP contribution in [0.4, 0.5) is 11.5 Å². The molecular formula is C14H22N4O3. The molecule has 7 nitrogen and oxygen atoms in total. The highest BCUT2D eigenvalue weighted by Gasteiger charge is 2.24. The maximum Gasteiger partial charge on any atom is 0.300 e. The molecule has 1 rings (SSSR count). The molecule has 1 atom stereocenters. The molecule has 21 heavy (non-hydrogen) atoms. The van der Waals surface area contributed by atoms with Crippen LogP contribution in [0, 0.1) is 16.0 Å². The maximum absolute atomic E-state index is 12.4. The first-order chi connectivity index (χ1) is 9.90. The summed E-state index contributed by atoms with van der Waals surface area (Å²) in [5.41, 5.74) is -0.200. The maximum atomic E-state index is 12.4. The lowest BCUT2D eigenvalue weighted by molar-refractivity contribution is -0.385. The minimum atomic E-state index is -0.576. The predicted molar refractivity (Wildman–Crippen MR) is 81.5 cm³/mol. The van der Waals surface area contributed by atoms with Crippen molar-refractivity contribution >= 4 is 17.4 Å². The van der Waals surface area contributed by atoms with Gasteiger partial charge in [0.1, 0.15) is 17.6 Å². The average Bonchev–Trinajstić information content (AvgIpc) is 2.46. The van der Waals surface area contributed by atoms with E-state index in [2.05, 4.69) is 10.3 Å². The average molecular weight is 294 g/mol. The summed E-state index contributed by atoms with van der Waals surface area (Å²) >= 11 is 0. The number of nitro groups is 1. The summed E-state index contributed by atoms with van der Waals surface area (Å²) in [4.78, 5) is 28.4. The third kappa shape index (κ3) is 4.40. The summed E-state index contributed by atoms with van der Waals surface area (Å²) in [5.74, 6) is 0.444. The molecule has 0 fully saturated rings. The highest BCUT2D eigenvalue weighted by atomic mass is 16.6. The smallest absolute Gasteiger partial charge is 0.300 e. The molecule has 0 aromatic carbocycles. The zero-order valence-corrected chi connectivity index (χ0v) is 12.9. The molecule has 0 saturated heterocycles. The van der Waals surface area contributed by atoms with Gasteiger partial charge in [0.2, 0.25) is 0 Å². The van der Waals surface area contributed by atoms with Crippen molar-refractivity contribution < 1.29 is 9.72 Å². The number of carbonyl (C=O) groups excluding carboxylic acids is 1. The van der Waals surface area contributed by atoms with Crippen LogP contribution in [0.15, 0.2) is 12.3 Å². The van der Waals surface area contributed by atoms with Gasteiger partial charge in [0.05, 0.1) is 4.92 Å². The molecule has 1 unspecified atom stereocenters. The van der Waals surface area contributed by atoms with Gasteiger partial charge in [-0.05, 0) is 12.8 Å². The standard InChI is InChI=1S/C14H22N4O3/c1-5-10(3)9-17(4)14(19)11-7-13(15-6-2)16-8-12(11)18(20)21/h7-8,10H,5-6,9H2,1-4H3,(H,15,16). The molecule has 1 heterocycles. The Labute approximate surface area is 124 Å². The monoisotopic (exact) mass is 294 g/mol. The molecular weight excluding hydrogens is 272 g/mol. The Morgan fingerprint density at radius 2 is 2.19 bits per heavy atom. The lowest BCUT2D eigenvalue weighted by Gasteiger charge is -2.21. The third-order valence-electron chi connectivity index (χ3n) is 3.30. The Morgan fingerprint density at radius 1 is 1.52 bits per heavy atom. The third-order valence-corrected chi connectivity index (χ3v) is 3.30. The van der Waals surface area contributed by atoms with Crippen molar-refractivity contribution in [2.75, 3.05) is 25.5 Å². The van der Waals surface area contributed by atoms with Gasteiger partial charge >= 0.3 is 0 Å². The molecule has 0 spiro atoms. The van der Waals surface area contributed by atoms with Gasteiger partial charge in [-0.2, -0.15) is 0 Å². The molecule has 0 aliphatic carbocycles. The number of carbonyl (C=O) groups is 1. The van der Waals surface area contributed by atoms with E-state index in [9.17, 15) is 14.9 Å². The highest BCUT2D eigenvalue weighted by molar-refractivity contribution is 5.98. The van der Waals surface area contributed by atoms with Gasteiger partial charge in [0.15, 0.2) is 0 Å². The quantitative estimate of drug-likeness (QED) is 0.616. The first-order valence-corrected chi connectivity index (χ1v) is 7.04. The molecule has 1 aromatic heterocycles. The highest BCUT2D eigenvalue weighted by Crippen LogP contribution is 2.22. The molecule has 116 valence electrons. The first-order valence-electron chi connectivity index (χ1n) is 7.04. The summed E-state index contributed by atoms with van der Waals surface area (Å²) in [5, 5.41) is 14.0. The summed E-state index contributed by atoms with van der Waals surface area (Å²) < 4.78 is 0. The number of nitrogens with one attached hydrogen (secondary N) is 1. The van der Waals surface area contributed by atoms with Crippen LogP contribution in [-0.4, -0.2) is 40.9 Å². The first kappa shape index (κ1) is 16.9. The van der Waals surface area contributed by atoms with Crippen LogP contribution in [0.2, 0.25) is 0 Å². The second kappa shape index (κ2) is 7.56. The Bertz CT molecular complexity index is 519. The fraction of sp³-hybridized carbons (Fsp3) is 0.571. The van der Waals surface area contributed by atoms with E-state index >= 15 is 0 Å². The van der Waals surface area contributed by atoms with Crippen molar-refractivity contribution in [2.45, 2.75) is 27.2 Å². The van der Waals surface area contributed by atoms with Crippen molar-refractivity contribution in [2.24, 2.45) is 5.92 Å². The van der Waals surface area contributed by atoms with Crippen molar-refractivity contribution in [1.29, 1.82) is 0 Å². The van der Waals surface area contributed by atoms with Crippen LogP contribution >= 0.6 is 0 Å². The van der Waals surface area contributed by atoms with Crippen molar-refractivity contribution in [3.8, 4) is 0 Å². The van der Waals surface area contributed by atoms with E-state index in [1.54, 1.807) is 7.05 Å². The molecule has 0 saturated carbocycles. The Hall–Kier alpha value is -2.18. The topological polar surface area (TPSA) is 88.4 Å². The van der Waals surface area contributed by atoms with Gasteiger partial charge in [-0.3, -0.25) is 14.9 Å². The van der Waals surface area contributed by atoms with Crippen LogP contribution in [0.5, 0.6) is 0 Å². The van der Waals surface area contributed by atoms with Crippen molar-refractivity contribution in [1.82, 2.24) is 9.88 Å². The molecule has 1 aromatic rings. The number of pyridine rings is 1. The summed E-state index contributed by atoms with van der Waals surface area (Å²) in [7, 11) is 1.66. The second-order valence-corrected chi connectivity index (χ2v) is 5.07. The summed E-state index contributed by atoms with van der Waals surface area (Å²) in [6.45, 7) is 7.15. The minimum Gasteiger partial charge on any atom is -0.370 e. The SMILES string of the molecule is CCNc1cc(C(=O)N(C)CC(C)CC)c([N+](=O)[O-])cn1. The van der Waals surface area contributed by atoms with Gasteiger partial charge in [-0.15, -0.1) is 0 Å². The molecule has 0 aliphatic heterocycles. The lowest BCUT2D eigenvalue weighted by atomic mass is 10.1. The van der Waals surface area contributed by atoms with Crippen molar-refractivity contribution in [3.63, 3.8) is 0 Å². The zero-order valence-electron chi connectivity index (χ0n) is 12.9. The van der Waals surface area contributed by atoms with Crippen LogP contribution < -0.4 is 5.32 Å². The molecule has 0 radical (unpaired) electrons. The number of hydrogen-bond acceptors (Lipinski definition) is 5. The Kier molecular flexibility index (Phi) is 6.08. The van der Waals surface area contributed by atoms with Crippen LogP contribution in [0.25, 0.3) is 0 Å². The van der Waals surface area contributed by atoms with E-state index in [1.807, 2.05) is 20.8 Å². The van der Waals surface area contributed by atoms with E-state index in [-0.39, 0.29) is 17.2 Å². The van der Waals surface area contributed by atoms with Gasteiger partial charge in [-0.25, -0.2) is 4.98 Å². The molecule has 1 amide bonds. The number of aromatic nitrogens is 1. The predicted octanol–water partition coefficient (Wildman–Crippen LogP) is 2.54. The van der Waals surface area contributed by atoms with Gasteiger partial charge in [0.25, 0.3) is 11.6 Å². The Morgan fingerprint density at radius 3 is 2.71 bits per heavy atom. The Balaban J connectivity index is 3.09. The number of rotatable bonds is 7. The number of amides is 1. The minimum absolute atomic E-state index is 0.0664. The van der Waals surface area contributed by atoms with Gasteiger partial charge in [-0.1, -0.05) is 20.3 Å². The molecule has 1 N–H and O–H groups in total. The van der Waals surface area contributed by atoms with E-state index in [0.29, 0.717) is 24.8 Å². The van der Waals surface area contributed by atoms with Crippen LogP contribution in [0.3, 0.4) is 0 Å². The van der Waals surface area contributed by atoms with Gasteiger partial charge < -0.3 is 10.2 Å². The lowest BCUT2D eigenvalue weighted by Crippen LogP contribution is -2.31. The van der Waals surface area contributed by atoms with Crippen molar-refractivity contribution in [3.05, 3.63) is 27.9 Å². The second-order valence-electron chi connectivity index (χ2n) is 5.07. The molecule has 0 aliphatic rings. The van der Waals surface area contributed by atoms with E-state index in [4.69, 9.17) is 0 Å². The number of nitrogens with zero attached hydrogens (tertiary/aromatic N) is 3. The van der Waals surface area contributed by atoms with E-state index < -0.39 is 4.92 Å². The van der Waals surface area contributed by atoms with E-state index in [0.717, 1.165) is 12.6 Å². The largest absolute Gasteiger partial charge is 0.370 e. The fourth-order valence-corrected chi connectivity index (χ4v) is 1.93. The number of hydrogen-bond donors (Lipinski definition) is 1. The fourth-order valence-electron chi connectivity index (χ4n) is 1.93. The summed E-state index contributed by atoms with van der Waals surface area (Å²) in [6, 6.07) is 1.44. The normalized spacial score (nSPS) is 11.8. The molecule has 7 heteroatoms. The number of anilines is 1.